The number of amides is 1. The summed E-state index contributed by atoms with van der Waals surface area (Å²) in [5.74, 6) is -0.173. The average molecular weight is 299 g/mol. The highest BCUT2D eigenvalue weighted by atomic mass is 79.9. The van der Waals surface area contributed by atoms with Crippen LogP contribution in [0, 0.1) is 0 Å². The number of hydrogen-bond donors (Lipinski definition) is 2. The van der Waals surface area contributed by atoms with Gasteiger partial charge in [0.05, 0.1) is 5.60 Å². The standard InChI is InChI=1S/C12H15BrN2O2/c13-10-7-9(3-6-14-10)11(16)15-8-12(17)4-1-2-5-12/h3,6-7,17H,1-2,4-5,8H2,(H,15,16). The number of nitrogens with one attached hydrogen (secondary N) is 1. The summed E-state index contributed by atoms with van der Waals surface area (Å²) in [7, 11) is 0. The van der Waals surface area contributed by atoms with E-state index in [0.29, 0.717) is 16.7 Å². The lowest BCUT2D eigenvalue weighted by Gasteiger charge is -2.22. The van der Waals surface area contributed by atoms with Gasteiger partial charge < -0.3 is 10.4 Å². The van der Waals surface area contributed by atoms with Crippen LogP contribution < -0.4 is 5.32 Å². The van der Waals surface area contributed by atoms with Crippen molar-refractivity contribution in [3.8, 4) is 0 Å². The maximum Gasteiger partial charge on any atom is 0.251 e. The normalized spacial score (nSPS) is 18.0. The summed E-state index contributed by atoms with van der Waals surface area (Å²) in [5.41, 5.74) is -0.159. The first-order chi connectivity index (χ1) is 8.09. The molecule has 2 N–H and O–H groups in total. The summed E-state index contributed by atoms with van der Waals surface area (Å²) in [6.45, 7) is 0.325. The van der Waals surface area contributed by atoms with Gasteiger partial charge in [-0.1, -0.05) is 12.8 Å². The van der Waals surface area contributed by atoms with Crippen molar-refractivity contribution in [1.29, 1.82) is 0 Å². The van der Waals surface area contributed by atoms with E-state index in [9.17, 15) is 9.90 Å². The third kappa shape index (κ3) is 3.26. The Morgan fingerprint density at radius 3 is 2.88 bits per heavy atom. The van der Waals surface area contributed by atoms with Gasteiger partial charge in [0.25, 0.3) is 5.91 Å². The van der Waals surface area contributed by atoms with Gasteiger partial charge in [-0.15, -0.1) is 0 Å². The molecule has 1 heterocycles. The zero-order chi connectivity index (χ0) is 12.3. The Bertz CT molecular complexity index is 417. The molecule has 0 aliphatic heterocycles. The molecule has 0 atom stereocenters. The van der Waals surface area contributed by atoms with Gasteiger partial charge in [0, 0.05) is 18.3 Å². The van der Waals surface area contributed by atoms with Crippen molar-refractivity contribution in [2.75, 3.05) is 6.54 Å². The third-order valence-corrected chi connectivity index (χ3v) is 3.53. The van der Waals surface area contributed by atoms with Crippen molar-refractivity contribution in [3.05, 3.63) is 28.5 Å². The van der Waals surface area contributed by atoms with Crippen LogP contribution >= 0.6 is 15.9 Å². The van der Waals surface area contributed by atoms with Crippen LogP contribution in [0.3, 0.4) is 0 Å². The molecule has 5 heteroatoms. The number of aliphatic hydroxyl groups is 1. The Balaban J connectivity index is 1.93. The van der Waals surface area contributed by atoms with Gasteiger partial charge in [0.15, 0.2) is 0 Å². The third-order valence-electron chi connectivity index (χ3n) is 3.10. The number of rotatable bonds is 3. The predicted molar refractivity (Wildman–Crippen MR) is 67.7 cm³/mol. The summed E-state index contributed by atoms with van der Waals surface area (Å²) in [5, 5.41) is 12.9. The Labute approximate surface area is 109 Å². The van der Waals surface area contributed by atoms with E-state index in [-0.39, 0.29) is 5.91 Å². The van der Waals surface area contributed by atoms with E-state index in [2.05, 4.69) is 26.2 Å². The average Bonchev–Trinajstić information content (AvgIpc) is 2.74. The maximum absolute atomic E-state index is 11.8. The van der Waals surface area contributed by atoms with Crippen molar-refractivity contribution in [2.24, 2.45) is 0 Å². The van der Waals surface area contributed by atoms with E-state index < -0.39 is 5.60 Å². The monoisotopic (exact) mass is 298 g/mol. The SMILES string of the molecule is O=C(NCC1(O)CCCC1)c1ccnc(Br)c1. The van der Waals surface area contributed by atoms with Crippen molar-refractivity contribution in [2.45, 2.75) is 31.3 Å². The van der Waals surface area contributed by atoms with Crippen molar-refractivity contribution >= 4 is 21.8 Å². The van der Waals surface area contributed by atoms with Gasteiger partial charge >= 0.3 is 0 Å². The summed E-state index contributed by atoms with van der Waals surface area (Å²) >= 11 is 3.22. The molecule has 0 saturated heterocycles. The van der Waals surface area contributed by atoms with Gasteiger partial charge in [-0.2, -0.15) is 0 Å². The molecule has 1 amide bonds. The molecule has 2 rings (SSSR count). The van der Waals surface area contributed by atoms with Crippen molar-refractivity contribution < 1.29 is 9.90 Å². The fourth-order valence-electron chi connectivity index (χ4n) is 2.10. The lowest BCUT2D eigenvalue weighted by Crippen LogP contribution is -2.40. The van der Waals surface area contributed by atoms with Gasteiger partial charge in [-0.3, -0.25) is 4.79 Å². The van der Waals surface area contributed by atoms with Crippen LogP contribution in [0.2, 0.25) is 0 Å². The predicted octanol–water partition coefficient (Wildman–Crippen LogP) is 1.88. The molecule has 0 bridgehead atoms. The van der Waals surface area contributed by atoms with Crippen LogP contribution in [-0.2, 0) is 0 Å². The quantitative estimate of drug-likeness (QED) is 0.838. The number of pyridine rings is 1. The molecule has 1 aliphatic rings. The first-order valence-electron chi connectivity index (χ1n) is 5.71. The molecule has 1 aromatic heterocycles. The van der Waals surface area contributed by atoms with Gasteiger partial charge in [-0.25, -0.2) is 4.98 Å². The molecule has 1 aliphatic carbocycles. The van der Waals surface area contributed by atoms with E-state index >= 15 is 0 Å². The summed E-state index contributed by atoms with van der Waals surface area (Å²) in [6, 6.07) is 3.31. The lowest BCUT2D eigenvalue weighted by atomic mass is 10.0. The topological polar surface area (TPSA) is 62.2 Å². The van der Waals surface area contributed by atoms with Crippen LogP contribution in [0.4, 0.5) is 0 Å². The first kappa shape index (κ1) is 12.5. The highest BCUT2D eigenvalue weighted by molar-refractivity contribution is 9.10. The molecule has 1 saturated carbocycles. The Morgan fingerprint density at radius 2 is 2.24 bits per heavy atom. The molecule has 0 unspecified atom stereocenters. The molecule has 0 radical (unpaired) electrons. The number of nitrogens with zero attached hydrogens (tertiary/aromatic N) is 1. The van der Waals surface area contributed by atoms with Crippen LogP contribution in [0.5, 0.6) is 0 Å². The number of halogens is 1. The number of hydrogen-bond acceptors (Lipinski definition) is 3. The van der Waals surface area contributed by atoms with Gasteiger partial charge in [-0.05, 0) is 40.9 Å². The Hall–Kier alpha value is -0.940. The van der Waals surface area contributed by atoms with E-state index in [4.69, 9.17) is 0 Å². The molecule has 4 nitrogen and oxygen atoms in total. The molecule has 0 aromatic carbocycles. The number of carbonyl (C=O) groups is 1. The fraction of sp³-hybridized carbons (Fsp3) is 0.500. The maximum atomic E-state index is 11.8. The van der Waals surface area contributed by atoms with E-state index in [1.807, 2.05) is 0 Å². The van der Waals surface area contributed by atoms with Crippen LogP contribution in [0.15, 0.2) is 22.9 Å². The molecule has 92 valence electrons. The fourth-order valence-corrected chi connectivity index (χ4v) is 2.47. The highest BCUT2D eigenvalue weighted by Gasteiger charge is 2.31. The minimum absolute atomic E-state index is 0.173. The van der Waals surface area contributed by atoms with Crippen LogP contribution in [0.25, 0.3) is 0 Å². The zero-order valence-electron chi connectivity index (χ0n) is 9.45. The second kappa shape index (κ2) is 5.14. The van der Waals surface area contributed by atoms with Crippen molar-refractivity contribution in [1.82, 2.24) is 10.3 Å². The van der Waals surface area contributed by atoms with E-state index in [1.165, 1.54) is 0 Å². The van der Waals surface area contributed by atoms with Gasteiger partial charge in [0.1, 0.15) is 4.60 Å². The number of aromatic nitrogens is 1. The molecule has 17 heavy (non-hydrogen) atoms. The molecule has 1 fully saturated rings. The first-order valence-corrected chi connectivity index (χ1v) is 6.51. The highest BCUT2D eigenvalue weighted by Crippen LogP contribution is 2.28. The van der Waals surface area contributed by atoms with Crippen LogP contribution in [-0.4, -0.2) is 28.1 Å². The smallest absolute Gasteiger partial charge is 0.251 e. The second-order valence-corrected chi connectivity index (χ2v) is 5.29. The summed E-state index contributed by atoms with van der Waals surface area (Å²) in [4.78, 5) is 15.8. The van der Waals surface area contributed by atoms with E-state index in [0.717, 1.165) is 25.7 Å². The second-order valence-electron chi connectivity index (χ2n) is 4.48. The van der Waals surface area contributed by atoms with Gasteiger partial charge in [0.2, 0.25) is 0 Å². The molecule has 0 spiro atoms. The Morgan fingerprint density at radius 1 is 1.53 bits per heavy atom. The van der Waals surface area contributed by atoms with E-state index in [1.54, 1.807) is 18.3 Å². The van der Waals surface area contributed by atoms with Crippen molar-refractivity contribution in [3.63, 3.8) is 0 Å². The minimum atomic E-state index is -0.708. The minimum Gasteiger partial charge on any atom is -0.388 e. The molecular weight excluding hydrogens is 284 g/mol. The zero-order valence-corrected chi connectivity index (χ0v) is 11.0. The summed E-state index contributed by atoms with van der Waals surface area (Å²) < 4.78 is 0.629. The van der Waals surface area contributed by atoms with Crippen LogP contribution in [0.1, 0.15) is 36.0 Å². The number of carbonyl (C=O) groups excluding carboxylic acids is 1. The Kier molecular flexibility index (Phi) is 3.79. The summed E-state index contributed by atoms with van der Waals surface area (Å²) in [6.07, 6.45) is 5.18. The molecular formula is C12H15BrN2O2. The molecule has 1 aromatic rings. The lowest BCUT2D eigenvalue weighted by molar-refractivity contribution is 0.0449. The largest absolute Gasteiger partial charge is 0.388 e.